The number of aryl methyl sites for hydroxylation is 2. The fraction of sp³-hybridized carbons (Fsp3) is 0.722. The van der Waals surface area contributed by atoms with E-state index in [0.29, 0.717) is 6.04 Å². The fourth-order valence-corrected chi connectivity index (χ4v) is 3.93. The molecule has 0 spiro atoms. The first-order valence-corrected chi connectivity index (χ1v) is 8.93. The summed E-state index contributed by atoms with van der Waals surface area (Å²) in [7, 11) is 1.84. The molecule has 1 atom stereocenters. The van der Waals surface area contributed by atoms with Crippen molar-refractivity contribution in [3.63, 3.8) is 0 Å². The van der Waals surface area contributed by atoms with Crippen LogP contribution in [0.25, 0.3) is 0 Å². The van der Waals surface area contributed by atoms with Gasteiger partial charge < -0.3 is 15.1 Å². The molecule has 2 aliphatic rings. The lowest BCUT2D eigenvalue weighted by molar-refractivity contribution is 0.242. The van der Waals surface area contributed by atoms with Gasteiger partial charge in [0.2, 0.25) is 0 Å². The van der Waals surface area contributed by atoms with E-state index >= 15 is 0 Å². The second kappa shape index (κ2) is 9.08. The van der Waals surface area contributed by atoms with Gasteiger partial charge in [-0.25, -0.2) is 0 Å². The number of guanidine groups is 1. The van der Waals surface area contributed by atoms with E-state index in [0.717, 1.165) is 36.6 Å². The molecular weight excluding hydrogens is 415 g/mol. The second-order valence-electron chi connectivity index (χ2n) is 6.93. The van der Waals surface area contributed by atoms with Gasteiger partial charge in [-0.05, 0) is 39.2 Å². The third-order valence-electron chi connectivity index (χ3n) is 5.22. The number of hydrogen-bond donors (Lipinski definition) is 2. The molecule has 1 aliphatic carbocycles. The molecule has 5 nitrogen and oxygen atoms in total. The molecule has 0 radical (unpaired) electrons. The predicted molar refractivity (Wildman–Crippen MR) is 109 cm³/mol. The predicted octanol–water partition coefficient (Wildman–Crippen LogP) is 3.20. The third-order valence-corrected chi connectivity index (χ3v) is 5.22. The summed E-state index contributed by atoms with van der Waals surface area (Å²) >= 11 is 0. The van der Waals surface area contributed by atoms with Crippen LogP contribution in [0.5, 0.6) is 0 Å². The normalized spacial score (nSPS) is 22.6. The summed E-state index contributed by atoms with van der Waals surface area (Å²) in [6.45, 7) is 7.12. The lowest BCUT2D eigenvalue weighted by Gasteiger charge is -2.24. The first-order chi connectivity index (χ1) is 11.2. The minimum absolute atomic E-state index is 0. The molecule has 1 unspecified atom stereocenters. The number of rotatable bonds is 4. The molecule has 1 aliphatic heterocycles. The summed E-state index contributed by atoms with van der Waals surface area (Å²) in [5.41, 5.74) is 1.20. The maximum Gasteiger partial charge on any atom is 0.191 e. The third kappa shape index (κ3) is 4.88. The molecule has 2 fully saturated rings. The zero-order valence-electron chi connectivity index (χ0n) is 15.1. The molecule has 2 heterocycles. The zero-order valence-corrected chi connectivity index (χ0v) is 17.4. The Morgan fingerprint density at radius 1 is 1.29 bits per heavy atom. The summed E-state index contributed by atoms with van der Waals surface area (Å²) in [5, 5.41) is 6.99. The summed E-state index contributed by atoms with van der Waals surface area (Å²) in [6, 6.07) is 3.43. The van der Waals surface area contributed by atoms with E-state index < -0.39 is 0 Å². The monoisotopic (exact) mass is 446 g/mol. The Morgan fingerprint density at radius 2 is 2.04 bits per heavy atom. The summed E-state index contributed by atoms with van der Waals surface area (Å²) in [5.74, 6) is 2.84. The van der Waals surface area contributed by atoms with E-state index in [-0.39, 0.29) is 24.0 Å². The Labute approximate surface area is 162 Å². The summed E-state index contributed by atoms with van der Waals surface area (Å²) in [4.78, 5) is 7.04. The maximum atomic E-state index is 5.58. The number of aliphatic imine (C=N–C) groups is 1. The van der Waals surface area contributed by atoms with Crippen molar-refractivity contribution < 1.29 is 4.42 Å². The van der Waals surface area contributed by atoms with Gasteiger partial charge in [0.05, 0.1) is 0 Å². The number of furan rings is 1. The highest BCUT2D eigenvalue weighted by Crippen LogP contribution is 2.26. The standard InChI is InChI=1S/C18H30N4O.HI/c1-13-10-15(14(2)23-13)11-20-18(19-3)21-16-8-9-22(12-16)17-6-4-5-7-17;/h10,16-17H,4-9,11-12H2,1-3H3,(H2,19,20,21);1H. The van der Waals surface area contributed by atoms with E-state index in [2.05, 4.69) is 26.6 Å². The van der Waals surface area contributed by atoms with Crippen molar-refractivity contribution in [3.05, 3.63) is 23.2 Å². The second-order valence-corrected chi connectivity index (χ2v) is 6.93. The number of hydrogen-bond acceptors (Lipinski definition) is 3. The average Bonchev–Trinajstić information content (AvgIpc) is 3.24. The average molecular weight is 446 g/mol. The van der Waals surface area contributed by atoms with Gasteiger partial charge in [-0.1, -0.05) is 12.8 Å². The van der Waals surface area contributed by atoms with E-state index in [1.807, 2.05) is 20.9 Å². The molecule has 0 aromatic carbocycles. The Morgan fingerprint density at radius 3 is 2.67 bits per heavy atom. The van der Waals surface area contributed by atoms with Gasteiger partial charge in [0.15, 0.2) is 5.96 Å². The first-order valence-electron chi connectivity index (χ1n) is 8.93. The highest BCUT2D eigenvalue weighted by Gasteiger charge is 2.30. The maximum absolute atomic E-state index is 5.58. The van der Waals surface area contributed by atoms with Crippen LogP contribution in [0, 0.1) is 13.8 Å². The van der Waals surface area contributed by atoms with E-state index in [9.17, 15) is 0 Å². The number of halogens is 1. The van der Waals surface area contributed by atoms with Gasteiger partial charge in [-0.2, -0.15) is 0 Å². The number of likely N-dealkylation sites (tertiary alicyclic amines) is 1. The molecular formula is C18H31IN4O. The molecule has 1 saturated heterocycles. The van der Waals surface area contributed by atoms with Gasteiger partial charge in [-0.3, -0.25) is 9.89 Å². The van der Waals surface area contributed by atoms with Crippen LogP contribution < -0.4 is 10.6 Å². The Bertz CT molecular complexity index is 551. The van der Waals surface area contributed by atoms with Crippen molar-refractivity contribution in [2.24, 2.45) is 4.99 Å². The van der Waals surface area contributed by atoms with Crippen LogP contribution in [0.1, 0.15) is 49.2 Å². The highest BCUT2D eigenvalue weighted by molar-refractivity contribution is 14.0. The molecule has 1 saturated carbocycles. The smallest absolute Gasteiger partial charge is 0.191 e. The van der Waals surface area contributed by atoms with Gasteiger partial charge in [0.25, 0.3) is 0 Å². The van der Waals surface area contributed by atoms with Crippen LogP contribution >= 0.6 is 24.0 Å². The van der Waals surface area contributed by atoms with Gasteiger partial charge in [0, 0.05) is 44.3 Å². The van der Waals surface area contributed by atoms with Crippen molar-refractivity contribution in [2.45, 2.75) is 64.6 Å². The van der Waals surface area contributed by atoms with Crippen molar-refractivity contribution >= 4 is 29.9 Å². The largest absolute Gasteiger partial charge is 0.466 e. The molecule has 1 aromatic rings. The molecule has 1 aromatic heterocycles. The van der Waals surface area contributed by atoms with Crippen molar-refractivity contribution in [2.75, 3.05) is 20.1 Å². The highest BCUT2D eigenvalue weighted by atomic mass is 127. The van der Waals surface area contributed by atoms with Crippen LogP contribution in [0.2, 0.25) is 0 Å². The topological polar surface area (TPSA) is 52.8 Å². The Kier molecular flexibility index (Phi) is 7.40. The molecule has 3 rings (SSSR count). The van der Waals surface area contributed by atoms with Crippen molar-refractivity contribution in [1.29, 1.82) is 0 Å². The van der Waals surface area contributed by atoms with Crippen LogP contribution in [-0.4, -0.2) is 43.1 Å². The van der Waals surface area contributed by atoms with Gasteiger partial charge in [0.1, 0.15) is 11.5 Å². The molecule has 136 valence electrons. The molecule has 0 bridgehead atoms. The van der Waals surface area contributed by atoms with Crippen LogP contribution in [0.4, 0.5) is 0 Å². The summed E-state index contributed by atoms with van der Waals surface area (Å²) < 4.78 is 5.58. The SMILES string of the molecule is CN=C(NCc1cc(C)oc1C)NC1CCN(C2CCCC2)C1.I. The lowest BCUT2D eigenvalue weighted by Crippen LogP contribution is -2.45. The fourth-order valence-electron chi connectivity index (χ4n) is 3.93. The zero-order chi connectivity index (χ0) is 16.2. The first kappa shape index (κ1) is 19.6. The van der Waals surface area contributed by atoms with E-state index in [1.54, 1.807) is 0 Å². The van der Waals surface area contributed by atoms with Gasteiger partial charge in [-0.15, -0.1) is 24.0 Å². The number of nitrogens with one attached hydrogen (secondary N) is 2. The lowest BCUT2D eigenvalue weighted by atomic mass is 10.2. The van der Waals surface area contributed by atoms with Crippen LogP contribution in [0.3, 0.4) is 0 Å². The van der Waals surface area contributed by atoms with Crippen LogP contribution in [0.15, 0.2) is 15.5 Å². The van der Waals surface area contributed by atoms with E-state index in [4.69, 9.17) is 4.42 Å². The Balaban J connectivity index is 0.00000208. The van der Waals surface area contributed by atoms with Gasteiger partial charge >= 0.3 is 0 Å². The van der Waals surface area contributed by atoms with Crippen molar-refractivity contribution in [1.82, 2.24) is 15.5 Å². The molecule has 0 amide bonds. The molecule has 24 heavy (non-hydrogen) atoms. The quantitative estimate of drug-likeness (QED) is 0.424. The van der Waals surface area contributed by atoms with E-state index in [1.165, 1.54) is 44.2 Å². The molecule has 6 heteroatoms. The minimum Gasteiger partial charge on any atom is -0.466 e. The summed E-state index contributed by atoms with van der Waals surface area (Å²) in [6.07, 6.45) is 6.80. The minimum atomic E-state index is 0. The van der Waals surface area contributed by atoms with Crippen LogP contribution in [-0.2, 0) is 6.54 Å². The Hall–Kier alpha value is -0.760. The molecule has 2 N–H and O–H groups in total. The number of nitrogens with zero attached hydrogens (tertiary/aromatic N) is 2. The van der Waals surface area contributed by atoms with Crippen molar-refractivity contribution in [3.8, 4) is 0 Å².